The zero-order chi connectivity index (χ0) is 13.3. The Balaban J connectivity index is 3.58. The lowest BCUT2D eigenvalue weighted by Crippen LogP contribution is -2.15. The Hall–Kier alpha value is 0.200. The fraction of sp³-hybridized carbons (Fsp3) is 0.929. The molecule has 2 nitrogen and oxygen atoms in total. The van der Waals surface area contributed by atoms with Gasteiger partial charge in [0.15, 0.2) is 0 Å². The number of hydrogen-bond donors (Lipinski definition) is 0. The van der Waals surface area contributed by atoms with E-state index in [2.05, 4.69) is 50.3 Å². The third-order valence-corrected chi connectivity index (χ3v) is 4.29. The molecule has 0 aromatic heterocycles. The van der Waals surface area contributed by atoms with Gasteiger partial charge in [0.05, 0.1) is 6.61 Å². The molecule has 17 heavy (non-hydrogen) atoms. The second kappa shape index (κ2) is 10.2. The minimum atomic E-state index is -0.0289. The van der Waals surface area contributed by atoms with Crippen molar-refractivity contribution < 1.29 is 9.53 Å². The van der Waals surface area contributed by atoms with Crippen molar-refractivity contribution in [2.45, 2.75) is 53.4 Å². The van der Waals surface area contributed by atoms with Crippen LogP contribution in [-0.4, -0.2) is 17.0 Å². The van der Waals surface area contributed by atoms with E-state index < -0.39 is 0 Å². The molecule has 0 radical (unpaired) electrons. The molecule has 0 N–H and O–H groups in total. The van der Waals surface area contributed by atoms with Gasteiger partial charge < -0.3 is 4.74 Å². The average Bonchev–Trinajstić information content (AvgIpc) is 2.25. The molecule has 0 unspecified atom stereocenters. The molecule has 0 amide bonds. The van der Waals surface area contributed by atoms with Crippen molar-refractivity contribution in [3.8, 4) is 0 Å². The maximum Gasteiger partial charge on any atom is 0.306 e. The second-order valence-electron chi connectivity index (χ2n) is 5.58. The molecule has 3 heteroatoms. The molecule has 2 atom stereocenters. The van der Waals surface area contributed by atoms with Crippen molar-refractivity contribution in [3.63, 3.8) is 0 Å². The Kier molecular flexibility index (Phi) is 10.3. The zero-order valence-electron chi connectivity index (χ0n) is 11.7. The Morgan fingerprint density at radius 2 is 1.76 bits per heavy atom. The lowest BCUT2D eigenvalue weighted by Gasteiger charge is -2.13. The Bertz CT molecular complexity index is 204. The summed E-state index contributed by atoms with van der Waals surface area (Å²) in [6.07, 6.45) is 4.18. The van der Waals surface area contributed by atoms with Gasteiger partial charge in [0, 0.05) is 10.8 Å². The van der Waals surface area contributed by atoms with Gasteiger partial charge in [-0.3, -0.25) is 4.79 Å². The molecule has 0 aliphatic heterocycles. The molecule has 0 aromatic carbocycles. The highest BCUT2D eigenvalue weighted by atomic mass is 127. The number of carbonyl (C=O) groups is 1. The first-order chi connectivity index (χ1) is 7.95. The topological polar surface area (TPSA) is 26.3 Å². The zero-order valence-corrected chi connectivity index (χ0v) is 13.8. The van der Waals surface area contributed by atoms with Crippen LogP contribution >= 0.6 is 22.6 Å². The minimum absolute atomic E-state index is 0.0289. The van der Waals surface area contributed by atoms with Crippen molar-refractivity contribution in [2.24, 2.45) is 17.8 Å². The number of halogens is 1. The molecule has 0 aliphatic rings. The molecule has 0 fully saturated rings. The van der Waals surface area contributed by atoms with E-state index in [1.165, 1.54) is 12.8 Å². The largest absolute Gasteiger partial charge is 0.465 e. The lowest BCUT2D eigenvalue weighted by molar-refractivity contribution is -0.145. The number of carbonyl (C=O) groups excluding carboxylic acids is 1. The van der Waals surface area contributed by atoms with Gasteiger partial charge in [-0.1, -0.05) is 69.5 Å². The molecule has 102 valence electrons. The Morgan fingerprint density at radius 1 is 1.12 bits per heavy atom. The van der Waals surface area contributed by atoms with Crippen LogP contribution in [0.15, 0.2) is 0 Å². The first-order valence-electron chi connectivity index (χ1n) is 6.67. The van der Waals surface area contributed by atoms with Gasteiger partial charge in [0.1, 0.15) is 0 Å². The van der Waals surface area contributed by atoms with Crippen LogP contribution in [0.3, 0.4) is 0 Å². The smallest absolute Gasteiger partial charge is 0.306 e. The maximum atomic E-state index is 11.5. The summed E-state index contributed by atoms with van der Waals surface area (Å²) in [5.41, 5.74) is 0. The Labute approximate surface area is 120 Å². The number of ether oxygens (including phenoxy) is 1. The molecule has 0 rings (SSSR count). The predicted molar refractivity (Wildman–Crippen MR) is 81.5 cm³/mol. The van der Waals surface area contributed by atoms with Gasteiger partial charge in [-0.05, 0) is 17.8 Å². The first kappa shape index (κ1) is 17.2. The van der Waals surface area contributed by atoms with Crippen LogP contribution in [0, 0.1) is 17.8 Å². The number of alkyl halides is 1. The quantitative estimate of drug-likeness (QED) is 0.347. The highest BCUT2D eigenvalue weighted by Gasteiger charge is 2.11. The van der Waals surface area contributed by atoms with Gasteiger partial charge in [-0.25, -0.2) is 0 Å². The number of hydrogen-bond acceptors (Lipinski definition) is 2. The number of rotatable bonds is 9. The van der Waals surface area contributed by atoms with E-state index in [9.17, 15) is 4.79 Å². The van der Waals surface area contributed by atoms with Crippen molar-refractivity contribution in [3.05, 3.63) is 0 Å². The summed E-state index contributed by atoms with van der Waals surface area (Å²) in [4.78, 5) is 11.5. The van der Waals surface area contributed by atoms with Gasteiger partial charge >= 0.3 is 5.97 Å². The van der Waals surface area contributed by atoms with Crippen molar-refractivity contribution in [1.29, 1.82) is 0 Å². The van der Waals surface area contributed by atoms with Crippen LogP contribution in [0.1, 0.15) is 53.4 Å². The van der Waals surface area contributed by atoms with Crippen molar-refractivity contribution >= 4 is 28.6 Å². The summed E-state index contributed by atoms with van der Waals surface area (Å²) in [7, 11) is 0. The first-order valence-corrected chi connectivity index (χ1v) is 8.19. The van der Waals surface area contributed by atoms with E-state index in [4.69, 9.17) is 4.74 Å². The summed E-state index contributed by atoms with van der Waals surface area (Å²) in [6.45, 7) is 9.30. The van der Waals surface area contributed by atoms with Crippen molar-refractivity contribution in [2.75, 3.05) is 11.0 Å². The highest BCUT2D eigenvalue weighted by Crippen LogP contribution is 2.16. The van der Waals surface area contributed by atoms with Gasteiger partial charge in [0.2, 0.25) is 0 Å². The van der Waals surface area contributed by atoms with Gasteiger partial charge in [-0.2, -0.15) is 0 Å². The van der Waals surface area contributed by atoms with E-state index in [1.54, 1.807) is 0 Å². The third-order valence-electron chi connectivity index (χ3n) is 2.79. The fourth-order valence-corrected chi connectivity index (χ4v) is 1.85. The summed E-state index contributed by atoms with van der Waals surface area (Å²) >= 11 is 2.32. The molecule has 0 aromatic rings. The molecule has 0 heterocycles. The number of esters is 1. The third kappa shape index (κ3) is 11.0. The normalized spacial score (nSPS) is 14.7. The molecule has 0 saturated carbocycles. The fourth-order valence-electron chi connectivity index (χ4n) is 1.60. The van der Waals surface area contributed by atoms with Crippen LogP contribution in [0.5, 0.6) is 0 Å². The highest BCUT2D eigenvalue weighted by molar-refractivity contribution is 14.1. The van der Waals surface area contributed by atoms with Gasteiger partial charge in [-0.15, -0.1) is 0 Å². The maximum absolute atomic E-state index is 11.5. The van der Waals surface area contributed by atoms with Crippen LogP contribution in [0.25, 0.3) is 0 Å². The van der Waals surface area contributed by atoms with E-state index in [1.807, 2.05) is 0 Å². The van der Waals surface area contributed by atoms with E-state index in [0.29, 0.717) is 24.9 Å². The molecule has 0 aliphatic carbocycles. The van der Waals surface area contributed by atoms with E-state index in [-0.39, 0.29) is 5.97 Å². The van der Waals surface area contributed by atoms with Crippen LogP contribution < -0.4 is 0 Å². The lowest BCUT2D eigenvalue weighted by atomic mass is 9.97. The molecule has 0 bridgehead atoms. The molecule has 0 saturated heterocycles. The predicted octanol–water partition coefficient (Wildman–Crippen LogP) is 4.45. The van der Waals surface area contributed by atoms with Crippen LogP contribution in [0.4, 0.5) is 0 Å². The molecule has 0 spiro atoms. The molecular formula is C14H27IO2. The summed E-state index contributed by atoms with van der Waals surface area (Å²) in [6, 6.07) is 0. The summed E-state index contributed by atoms with van der Waals surface area (Å²) in [5, 5.41) is 0. The minimum Gasteiger partial charge on any atom is -0.465 e. The van der Waals surface area contributed by atoms with Gasteiger partial charge in [0.25, 0.3) is 0 Å². The SMILES string of the molecule is CC(C)CCC[C@H](C)CC(=O)OC[C@H](C)CI. The van der Waals surface area contributed by atoms with Crippen LogP contribution in [-0.2, 0) is 9.53 Å². The standard InChI is InChI=1S/C14H27IO2/c1-11(2)6-5-7-12(3)8-14(16)17-10-13(4)9-15/h11-13H,5-10H2,1-4H3/t12-,13+/m0/s1. The van der Waals surface area contributed by atoms with Crippen molar-refractivity contribution in [1.82, 2.24) is 0 Å². The van der Waals surface area contributed by atoms with E-state index in [0.717, 1.165) is 16.8 Å². The average molecular weight is 354 g/mol. The second-order valence-corrected chi connectivity index (χ2v) is 6.46. The molecular weight excluding hydrogens is 327 g/mol. The summed E-state index contributed by atoms with van der Waals surface area (Å²) in [5.74, 6) is 1.66. The Morgan fingerprint density at radius 3 is 2.29 bits per heavy atom. The van der Waals surface area contributed by atoms with E-state index >= 15 is 0 Å². The van der Waals surface area contributed by atoms with Crippen LogP contribution in [0.2, 0.25) is 0 Å². The monoisotopic (exact) mass is 354 g/mol. The summed E-state index contributed by atoms with van der Waals surface area (Å²) < 4.78 is 6.29.